The predicted octanol–water partition coefficient (Wildman–Crippen LogP) is 4.52. The van der Waals surface area contributed by atoms with E-state index in [9.17, 15) is 4.79 Å². The molecule has 0 unspecified atom stereocenters. The van der Waals surface area contributed by atoms with Gasteiger partial charge in [-0.2, -0.15) is 5.10 Å². The highest BCUT2D eigenvalue weighted by atomic mass is 16.4. The Kier molecular flexibility index (Phi) is 5.31. The third kappa shape index (κ3) is 4.24. The maximum Gasteiger partial charge on any atom is 0.284 e. The van der Waals surface area contributed by atoms with Crippen molar-refractivity contribution in [3.8, 4) is 22.5 Å². The lowest BCUT2D eigenvalue weighted by Gasteiger charge is -2.10. The first-order valence-corrected chi connectivity index (χ1v) is 11.1. The normalized spacial score (nSPS) is 11.9. The minimum absolute atomic E-state index is 0.0735. The summed E-state index contributed by atoms with van der Waals surface area (Å²) in [5, 5.41) is 12.1. The number of pyridine rings is 1. The molecular weight excluding hydrogens is 430 g/mol. The summed E-state index contributed by atoms with van der Waals surface area (Å²) in [5.74, 6) is 1.12. The molecule has 4 aromatic heterocycles. The van der Waals surface area contributed by atoms with Crippen molar-refractivity contribution in [3.05, 3.63) is 66.3 Å². The van der Waals surface area contributed by atoms with Crippen LogP contribution in [0.3, 0.4) is 0 Å². The van der Waals surface area contributed by atoms with Crippen molar-refractivity contribution in [2.75, 3.05) is 0 Å². The molecule has 0 radical (unpaired) electrons. The Balaban J connectivity index is 1.32. The van der Waals surface area contributed by atoms with Crippen LogP contribution in [0.15, 0.2) is 53.3 Å². The number of carbonyl (C=O) groups excluding carboxylic acids is 1. The van der Waals surface area contributed by atoms with E-state index in [1.165, 1.54) is 0 Å². The van der Waals surface area contributed by atoms with E-state index in [0.29, 0.717) is 24.4 Å². The molecule has 34 heavy (non-hydrogen) atoms. The number of nitrogens with one attached hydrogen (secondary N) is 1. The van der Waals surface area contributed by atoms with Gasteiger partial charge in [-0.3, -0.25) is 9.48 Å². The Morgan fingerprint density at radius 1 is 1.09 bits per heavy atom. The summed E-state index contributed by atoms with van der Waals surface area (Å²) in [7, 11) is 1.87. The van der Waals surface area contributed by atoms with Gasteiger partial charge in [0.05, 0.1) is 17.3 Å². The van der Waals surface area contributed by atoms with Gasteiger partial charge in [-0.1, -0.05) is 45.0 Å². The molecule has 1 aromatic carbocycles. The zero-order chi connectivity index (χ0) is 23.9. The molecular formula is C25H25N7O2. The van der Waals surface area contributed by atoms with Crippen LogP contribution in [0.5, 0.6) is 0 Å². The molecule has 1 N–H and O–H groups in total. The Morgan fingerprint density at radius 2 is 1.88 bits per heavy atom. The van der Waals surface area contributed by atoms with Gasteiger partial charge in [-0.15, -0.1) is 10.2 Å². The summed E-state index contributed by atoms with van der Waals surface area (Å²) in [6.45, 7) is 5.90. The molecule has 0 aliphatic heterocycles. The lowest BCUT2D eigenvalue weighted by atomic mass is 9.97. The minimum atomic E-state index is -0.285. The Hall–Kier alpha value is -4.14. The van der Waals surface area contributed by atoms with Crippen molar-refractivity contribution in [2.24, 2.45) is 7.05 Å². The van der Waals surface area contributed by atoms with E-state index in [4.69, 9.17) is 4.42 Å². The fourth-order valence-corrected chi connectivity index (χ4v) is 3.69. The molecule has 9 nitrogen and oxygen atoms in total. The van der Waals surface area contributed by atoms with Gasteiger partial charge in [0.2, 0.25) is 11.7 Å². The molecule has 0 bridgehead atoms. The second kappa shape index (κ2) is 8.33. The van der Waals surface area contributed by atoms with E-state index in [2.05, 4.69) is 30.2 Å². The fourth-order valence-electron chi connectivity index (χ4n) is 3.69. The van der Waals surface area contributed by atoms with E-state index < -0.39 is 0 Å². The van der Waals surface area contributed by atoms with Gasteiger partial charge in [0.15, 0.2) is 5.65 Å². The monoisotopic (exact) mass is 455 g/mol. The van der Waals surface area contributed by atoms with Crippen molar-refractivity contribution < 1.29 is 9.21 Å². The zero-order valence-electron chi connectivity index (χ0n) is 19.5. The first-order valence-electron chi connectivity index (χ1n) is 11.1. The maximum absolute atomic E-state index is 12.5. The summed E-state index contributed by atoms with van der Waals surface area (Å²) in [5.41, 5.74) is 5.25. The number of rotatable bonds is 6. The molecule has 0 aliphatic rings. The molecule has 5 aromatic rings. The van der Waals surface area contributed by atoms with Crippen molar-refractivity contribution >= 4 is 16.9 Å². The number of ketones is 1. The van der Waals surface area contributed by atoms with E-state index in [1.54, 1.807) is 17.1 Å². The molecule has 9 heteroatoms. The minimum Gasteiger partial charge on any atom is -0.418 e. The number of aromatic amines is 1. The first kappa shape index (κ1) is 21.7. The molecule has 0 saturated carbocycles. The molecule has 0 amide bonds. The van der Waals surface area contributed by atoms with Crippen LogP contribution < -0.4 is 0 Å². The number of aromatic nitrogens is 7. The molecule has 0 fully saturated rings. The summed E-state index contributed by atoms with van der Waals surface area (Å²) in [4.78, 5) is 24.9. The summed E-state index contributed by atoms with van der Waals surface area (Å²) in [6.07, 6.45) is 6.33. The number of carbonyl (C=O) groups is 1. The van der Waals surface area contributed by atoms with E-state index in [-0.39, 0.29) is 17.1 Å². The van der Waals surface area contributed by atoms with Gasteiger partial charge in [0.25, 0.3) is 5.89 Å². The number of hydrogen-bond acceptors (Lipinski definition) is 7. The standard InChI is InChI=1S/C25H25N7O2/c1-25(2,3)24-31-30-23(34-24)19(33)10-7-15-5-8-16(9-6-15)18-11-12-26-22-20(18)28-21(29-22)17-13-27-32(4)14-17/h5-6,8-9,11-14H,7,10H2,1-4H3,(H,26,28,29). The number of aryl methyl sites for hydroxylation is 2. The zero-order valence-corrected chi connectivity index (χ0v) is 19.5. The van der Waals surface area contributed by atoms with Crippen molar-refractivity contribution in [1.29, 1.82) is 0 Å². The van der Waals surface area contributed by atoms with Crippen LogP contribution >= 0.6 is 0 Å². The fraction of sp³-hybridized carbons (Fsp3) is 0.280. The average molecular weight is 456 g/mol. The number of benzene rings is 1. The smallest absolute Gasteiger partial charge is 0.284 e. The molecule has 172 valence electrons. The predicted molar refractivity (Wildman–Crippen MR) is 127 cm³/mol. The third-order valence-corrected chi connectivity index (χ3v) is 5.58. The largest absolute Gasteiger partial charge is 0.418 e. The van der Waals surface area contributed by atoms with Crippen LogP contribution in [0.4, 0.5) is 0 Å². The molecule has 5 rings (SSSR count). The Bertz CT molecular complexity index is 1470. The summed E-state index contributed by atoms with van der Waals surface area (Å²) >= 11 is 0. The van der Waals surface area contributed by atoms with E-state index in [0.717, 1.165) is 33.6 Å². The van der Waals surface area contributed by atoms with Crippen LogP contribution in [0.25, 0.3) is 33.7 Å². The van der Waals surface area contributed by atoms with Crippen molar-refractivity contribution in [3.63, 3.8) is 0 Å². The lowest BCUT2D eigenvalue weighted by molar-refractivity contribution is 0.0946. The second-order valence-electron chi connectivity index (χ2n) is 9.33. The number of nitrogens with zero attached hydrogens (tertiary/aromatic N) is 6. The van der Waals surface area contributed by atoms with Crippen LogP contribution in [-0.2, 0) is 18.9 Å². The van der Waals surface area contributed by atoms with Crippen molar-refractivity contribution in [1.82, 2.24) is 34.9 Å². The second-order valence-corrected chi connectivity index (χ2v) is 9.33. The summed E-state index contributed by atoms with van der Waals surface area (Å²) < 4.78 is 7.30. The van der Waals surface area contributed by atoms with Gasteiger partial charge in [0, 0.05) is 36.8 Å². The number of hydrogen-bond donors (Lipinski definition) is 1. The van der Waals surface area contributed by atoms with Crippen LogP contribution in [0.1, 0.15) is 49.3 Å². The van der Waals surface area contributed by atoms with Crippen molar-refractivity contribution in [2.45, 2.75) is 39.0 Å². The number of H-pyrrole nitrogens is 1. The quantitative estimate of drug-likeness (QED) is 0.374. The first-order chi connectivity index (χ1) is 16.3. The van der Waals surface area contributed by atoms with Gasteiger partial charge in [0.1, 0.15) is 5.82 Å². The Labute approximate surface area is 196 Å². The van der Waals surface area contributed by atoms with Gasteiger partial charge >= 0.3 is 0 Å². The highest BCUT2D eigenvalue weighted by Gasteiger charge is 2.23. The molecule has 0 spiro atoms. The highest BCUT2D eigenvalue weighted by molar-refractivity contribution is 5.92. The molecule has 0 saturated heterocycles. The topological polar surface area (TPSA) is 115 Å². The van der Waals surface area contributed by atoms with Gasteiger partial charge < -0.3 is 9.40 Å². The number of imidazole rings is 1. The number of Topliss-reactive ketones (excluding diaryl/α,β-unsaturated/α-hetero) is 1. The average Bonchev–Trinajstić information content (AvgIpc) is 3.56. The SMILES string of the molecule is Cn1cc(-c2nc3nccc(-c4ccc(CCC(=O)c5nnc(C(C)(C)C)o5)cc4)c3[nH]2)cn1. The molecule has 0 aliphatic carbocycles. The van der Waals surface area contributed by atoms with Crippen LogP contribution in [0.2, 0.25) is 0 Å². The lowest BCUT2D eigenvalue weighted by Crippen LogP contribution is -2.11. The Morgan fingerprint density at radius 3 is 2.56 bits per heavy atom. The van der Waals surface area contributed by atoms with E-state index >= 15 is 0 Å². The molecule has 0 atom stereocenters. The van der Waals surface area contributed by atoms with Crippen LogP contribution in [-0.4, -0.2) is 40.7 Å². The maximum atomic E-state index is 12.5. The number of fused-ring (bicyclic) bond motifs is 1. The molecule has 4 heterocycles. The highest BCUT2D eigenvalue weighted by Crippen LogP contribution is 2.29. The van der Waals surface area contributed by atoms with Crippen LogP contribution in [0, 0.1) is 0 Å². The summed E-state index contributed by atoms with van der Waals surface area (Å²) in [6, 6.07) is 10.1. The third-order valence-electron chi connectivity index (χ3n) is 5.58. The van der Waals surface area contributed by atoms with Gasteiger partial charge in [-0.05, 0) is 23.6 Å². The van der Waals surface area contributed by atoms with Gasteiger partial charge in [-0.25, -0.2) is 9.97 Å². The van der Waals surface area contributed by atoms with E-state index in [1.807, 2.05) is 64.3 Å².